The molecule has 1 amide bonds. The quantitative estimate of drug-likeness (QED) is 0.568. The second-order valence-electron chi connectivity index (χ2n) is 8.27. The van der Waals surface area contributed by atoms with E-state index >= 15 is 0 Å². The van der Waals surface area contributed by atoms with Crippen LogP contribution in [0.3, 0.4) is 0 Å². The van der Waals surface area contributed by atoms with Crippen LogP contribution in [0, 0.1) is 5.92 Å². The molecule has 0 bridgehead atoms. The van der Waals surface area contributed by atoms with E-state index in [9.17, 15) is 13.2 Å². The van der Waals surface area contributed by atoms with Crippen LogP contribution in [0.4, 0.5) is 0 Å². The lowest BCUT2D eigenvalue weighted by molar-refractivity contribution is -0.121. The van der Waals surface area contributed by atoms with Crippen LogP contribution in [-0.2, 0) is 27.8 Å². The highest BCUT2D eigenvalue weighted by atomic mass is 32.2. The van der Waals surface area contributed by atoms with E-state index in [1.807, 2.05) is 12.1 Å². The number of rotatable bonds is 10. The Hall–Kier alpha value is -1.80. The number of sulfonamides is 1. The van der Waals surface area contributed by atoms with Crippen molar-refractivity contribution >= 4 is 15.9 Å². The zero-order valence-corrected chi connectivity index (χ0v) is 18.9. The number of carbonyl (C=O) groups is 1. The lowest BCUT2D eigenvalue weighted by Crippen LogP contribution is -2.38. The summed E-state index contributed by atoms with van der Waals surface area (Å²) in [6, 6.07) is 3.79. The van der Waals surface area contributed by atoms with Crippen LogP contribution in [0.25, 0.3) is 0 Å². The van der Waals surface area contributed by atoms with E-state index in [-0.39, 0.29) is 11.7 Å². The number of benzene rings is 1. The van der Waals surface area contributed by atoms with Gasteiger partial charge in [-0.1, -0.05) is 25.7 Å². The summed E-state index contributed by atoms with van der Waals surface area (Å²) in [5.74, 6) is 2.04. The summed E-state index contributed by atoms with van der Waals surface area (Å²) in [7, 11) is -0.207. The number of fused-ring (bicyclic) bond motifs is 1. The predicted molar refractivity (Wildman–Crippen MR) is 116 cm³/mol. The zero-order chi connectivity index (χ0) is 21.6. The Kier molecular flexibility index (Phi) is 7.99. The first-order chi connectivity index (χ1) is 14.4. The zero-order valence-electron chi connectivity index (χ0n) is 18.1. The van der Waals surface area contributed by atoms with E-state index in [1.54, 1.807) is 14.2 Å². The van der Waals surface area contributed by atoms with Crippen LogP contribution in [-0.4, -0.2) is 51.7 Å². The van der Waals surface area contributed by atoms with Crippen LogP contribution in [0.5, 0.6) is 11.5 Å². The second-order valence-corrected chi connectivity index (χ2v) is 10.4. The molecular weight excluding hydrogens is 404 g/mol. The third kappa shape index (κ3) is 5.88. The van der Waals surface area contributed by atoms with Gasteiger partial charge in [0.15, 0.2) is 11.5 Å². The number of nitrogens with one attached hydrogen (secondary N) is 1. The van der Waals surface area contributed by atoms with E-state index in [2.05, 4.69) is 5.32 Å². The normalized spacial score (nSPS) is 17.5. The molecule has 1 aromatic rings. The molecule has 0 radical (unpaired) electrons. The number of methoxy groups -OCH3 is 2. The summed E-state index contributed by atoms with van der Waals surface area (Å²) in [4.78, 5) is 12.0. The standard InChI is InChI=1S/C22H34N2O5S/c1-28-20-14-18-10-12-24(16-19(18)15-21(20)29-2)30(26,27)13-5-11-23-22(25)9-8-17-6-3-4-7-17/h14-15,17H,3-13,16H2,1-2H3,(H,23,25). The molecule has 7 nitrogen and oxygen atoms in total. The monoisotopic (exact) mass is 438 g/mol. The van der Waals surface area contributed by atoms with Crippen molar-refractivity contribution in [3.05, 3.63) is 23.3 Å². The summed E-state index contributed by atoms with van der Waals surface area (Å²) in [6.07, 6.45) is 7.61. The number of hydrogen-bond donors (Lipinski definition) is 1. The maximum Gasteiger partial charge on any atom is 0.220 e. The lowest BCUT2D eigenvalue weighted by atomic mass is 10.0. The van der Waals surface area contributed by atoms with Gasteiger partial charge in [-0.25, -0.2) is 8.42 Å². The fourth-order valence-electron chi connectivity index (χ4n) is 4.43. The van der Waals surface area contributed by atoms with Gasteiger partial charge in [0, 0.05) is 26.1 Å². The minimum atomic E-state index is -3.37. The highest BCUT2D eigenvalue weighted by molar-refractivity contribution is 7.89. The smallest absolute Gasteiger partial charge is 0.220 e. The fraction of sp³-hybridized carbons (Fsp3) is 0.682. The highest BCUT2D eigenvalue weighted by Gasteiger charge is 2.27. The Labute approximate surface area is 180 Å². The molecule has 168 valence electrons. The first-order valence-corrected chi connectivity index (χ1v) is 12.5. The van der Waals surface area contributed by atoms with Crippen molar-refractivity contribution in [1.29, 1.82) is 0 Å². The lowest BCUT2D eigenvalue weighted by Gasteiger charge is -2.29. The molecule has 1 fully saturated rings. The van der Waals surface area contributed by atoms with Gasteiger partial charge in [0.1, 0.15) is 0 Å². The van der Waals surface area contributed by atoms with Gasteiger partial charge in [0.05, 0.1) is 20.0 Å². The summed E-state index contributed by atoms with van der Waals surface area (Å²) in [5, 5.41) is 2.87. The van der Waals surface area contributed by atoms with Crippen molar-refractivity contribution in [2.75, 3.05) is 33.1 Å². The number of hydrogen-bond acceptors (Lipinski definition) is 5. The SMILES string of the molecule is COc1cc2c(cc1OC)CN(S(=O)(=O)CCCNC(=O)CCC1CCCC1)CC2. The Bertz CT molecular complexity index is 834. The molecule has 1 saturated carbocycles. The largest absolute Gasteiger partial charge is 0.493 e. The first kappa shape index (κ1) is 22.9. The van der Waals surface area contributed by atoms with Gasteiger partial charge in [-0.3, -0.25) is 4.79 Å². The van der Waals surface area contributed by atoms with Gasteiger partial charge in [0.2, 0.25) is 15.9 Å². The highest BCUT2D eigenvalue weighted by Crippen LogP contribution is 2.34. The molecule has 3 rings (SSSR count). The Morgan fingerprint density at radius 3 is 2.47 bits per heavy atom. The van der Waals surface area contributed by atoms with Gasteiger partial charge < -0.3 is 14.8 Å². The van der Waals surface area contributed by atoms with Crippen LogP contribution in [0.15, 0.2) is 12.1 Å². The summed E-state index contributed by atoms with van der Waals surface area (Å²) in [6.45, 7) is 1.20. The molecule has 2 aliphatic rings. The maximum atomic E-state index is 12.8. The van der Waals surface area contributed by atoms with Gasteiger partial charge in [-0.05, 0) is 48.4 Å². The Morgan fingerprint density at radius 1 is 1.13 bits per heavy atom. The fourth-order valence-corrected chi connectivity index (χ4v) is 5.90. The summed E-state index contributed by atoms with van der Waals surface area (Å²) >= 11 is 0. The average molecular weight is 439 g/mol. The number of carbonyl (C=O) groups excluding carboxylic acids is 1. The molecule has 1 heterocycles. The molecular formula is C22H34N2O5S. The molecule has 1 N–H and O–H groups in total. The molecule has 30 heavy (non-hydrogen) atoms. The van der Waals surface area contributed by atoms with Gasteiger partial charge in [-0.15, -0.1) is 0 Å². The summed E-state index contributed by atoms with van der Waals surface area (Å²) < 4.78 is 37.8. The topological polar surface area (TPSA) is 84.9 Å². The van der Waals surface area contributed by atoms with Gasteiger partial charge in [-0.2, -0.15) is 4.31 Å². The van der Waals surface area contributed by atoms with E-state index in [0.717, 1.165) is 17.5 Å². The number of nitrogens with zero attached hydrogens (tertiary/aromatic N) is 1. The number of ether oxygens (including phenoxy) is 2. The minimum absolute atomic E-state index is 0.0345. The Morgan fingerprint density at radius 2 is 1.80 bits per heavy atom. The third-order valence-electron chi connectivity index (χ3n) is 6.23. The van der Waals surface area contributed by atoms with Crippen LogP contribution in [0.1, 0.15) is 56.1 Å². The van der Waals surface area contributed by atoms with Crippen LogP contribution < -0.4 is 14.8 Å². The van der Waals surface area contributed by atoms with Gasteiger partial charge in [0.25, 0.3) is 0 Å². The molecule has 1 aliphatic carbocycles. The number of amides is 1. The van der Waals surface area contributed by atoms with Crippen molar-refractivity contribution in [2.24, 2.45) is 5.92 Å². The molecule has 0 spiro atoms. The van der Waals surface area contributed by atoms with E-state index in [1.165, 1.54) is 30.0 Å². The summed E-state index contributed by atoms with van der Waals surface area (Å²) in [5.41, 5.74) is 2.04. The van der Waals surface area contributed by atoms with E-state index in [0.29, 0.717) is 56.3 Å². The molecule has 0 aromatic heterocycles. The minimum Gasteiger partial charge on any atom is -0.493 e. The predicted octanol–water partition coefficient (Wildman–Crippen LogP) is 2.87. The van der Waals surface area contributed by atoms with Crippen LogP contribution in [0.2, 0.25) is 0 Å². The molecule has 1 aliphatic heterocycles. The van der Waals surface area contributed by atoms with Crippen LogP contribution >= 0.6 is 0 Å². The third-order valence-corrected chi connectivity index (χ3v) is 8.14. The van der Waals surface area contributed by atoms with Crippen molar-refractivity contribution in [2.45, 2.75) is 57.9 Å². The van der Waals surface area contributed by atoms with E-state index in [4.69, 9.17) is 9.47 Å². The Balaban J connectivity index is 1.45. The van der Waals surface area contributed by atoms with Gasteiger partial charge >= 0.3 is 0 Å². The maximum absolute atomic E-state index is 12.8. The first-order valence-electron chi connectivity index (χ1n) is 10.9. The van der Waals surface area contributed by atoms with Crippen molar-refractivity contribution in [1.82, 2.24) is 9.62 Å². The van der Waals surface area contributed by atoms with Crippen molar-refractivity contribution < 1.29 is 22.7 Å². The van der Waals surface area contributed by atoms with E-state index < -0.39 is 10.0 Å². The molecule has 0 atom stereocenters. The second kappa shape index (κ2) is 10.5. The van der Waals surface area contributed by atoms with Crippen molar-refractivity contribution in [3.8, 4) is 11.5 Å². The molecule has 0 saturated heterocycles. The van der Waals surface area contributed by atoms with Crippen molar-refractivity contribution in [3.63, 3.8) is 0 Å². The molecule has 1 aromatic carbocycles. The molecule has 8 heteroatoms. The molecule has 0 unspecified atom stereocenters. The average Bonchev–Trinajstić information content (AvgIpc) is 3.27.